The Morgan fingerprint density at radius 3 is 2.60 bits per heavy atom. The van der Waals surface area contributed by atoms with Crippen LogP contribution in [0.2, 0.25) is 0 Å². The van der Waals surface area contributed by atoms with Gasteiger partial charge in [0.05, 0.1) is 0 Å². The van der Waals surface area contributed by atoms with Crippen molar-refractivity contribution < 1.29 is 9.53 Å². The summed E-state index contributed by atoms with van der Waals surface area (Å²) in [7, 11) is 0. The predicted octanol–water partition coefficient (Wildman–Crippen LogP) is 3.94. The molecule has 0 saturated carbocycles. The Kier molecular flexibility index (Phi) is 2.89. The molecule has 0 amide bonds. The minimum absolute atomic E-state index is 0.0706. The van der Waals surface area contributed by atoms with E-state index in [1.807, 2.05) is 49.4 Å². The minimum Gasteiger partial charge on any atom is -0.487 e. The van der Waals surface area contributed by atoms with Crippen LogP contribution < -0.4 is 4.74 Å². The molecule has 102 valence electrons. The third-order valence-corrected chi connectivity index (χ3v) is 3.61. The highest BCUT2D eigenvalue weighted by atomic mass is 16.5. The Labute approximate surface area is 119 Å². The Hall–Kier alpha value is -2.09. The second kappa shape index (κ2) is 4.48. The summed E-state index contributed by atoms with van der Waals surface area (Å²) in [5.74, 6) is 0.969. The molecular formula is C18H18O2. The molecule has 2 nitrogen and oxygen atoms in total. The van der Waals surface area contributed by atoms with E-state index in [2.05, 4.69) is 13.8 Å². The normalized spacial score (nSPS) is 15.6. The van der Waals surface area contributed by atoms with Crippen LogP contribution in [0.5, 0.6) is 5.75 Å². The Morgan fingerprint density at radius 1 is 1.10 bits per heavy atom. The number of fused-ring (bicyclic) bond motifs is 1. The van der Waals surface area contributed by atoms with Crippen molar-refractivity contribution in [3.8, 4) is 5.75 Å². The Balaban J connectivity index is 1.95. The number of rotatable bonds is 2. The van der Waals surface area contributed by atoms with Gasteiger partial charge in [-0.3, -0.25) is 4.79 Å². The summed E-state index contributed by atoms with van der Waals surface area (Å²) < 4.78 is 5.84. The molecule has 0 radical (unpaired) electrons. The summed E-state index contributed by atoms with van der Waals surface area (Å²) in [6, 6.07) is 13.4. The fraction of sp³-hybridized carbons (Fsp3) is 0.278. The van der Waals surface area contributed by atoms with Gasteiger partial charge in [-0.2, -0.15) is 0 Å². The van der Waals surface area contributed by atoms with Gasteiger partial charge in [0.2, 0.25) is 0 Å². The van der Waals surface area contributed by atoms with Crippen LogP contribution in [-0.4, -0.2) is 11.4 Å². The van der Waals surface area contributed by atoms with E-state index >= 15 is 0 Å². The molecule has 0 bridgehead atoms. The van der Waals surface area contributed by atoms with Crippen LogP contribution in [0, 0.1) is 6.92 Å². The third kappa shape index (κ3) is 2.34. The SMILES string of the molecule is Cc1cccc(C(=O)c2ccc3c(c2)CC(C)(C)O3)c1. The fourth-order valence-corrected chi connectivity index (χ4v) is 2.70. The second-order valence-electron chi connectivity index (χ2n) is 6.06. The zero-order chi connectivity index (χ0) is 14.3. The van der Waals surface area contributed by atoms with E-state index in [0.717, 1.165) is 34.4 Å². The molecule has 0 fully saturated rings. The monoisotopic (exact) mass is 266 g/mol. The Morgan fingerprint density at radius 2 is 1.85 bits per heavy atom. The second-order valence-corrected chi connectivity index (χ2v) is 6.06. The Bertz CT molecular complexity index is 684. The maximum atomic E-state index is 12.5. The van der Waals surface area contributed by atoms with Crippen molar-refractivity contribution in [3.05, 3.63) is 64.7 Å². The average Bonchev–Trinajstić information content (AvgIpc) is 2.70. The topological polar surface area (TPSA) is 26.3 Å². The number of ketones is 1. The lowest BCUT2D eigenvalue weighted by molar-refractivity contribution is 0.103. The average molecular weight is 266 g/mol. The van der Waals surface area contributed by atoms with Crippen LogP contribution in [-0.2, 0) is 6.42 Å². The van der Waals surface area contributed by atoms with E-state index in [-0.39, 0.29) is 11.4 Å². The lowest BCUT2D eigenvalue weighted by Gasteiger charge is -2.16. The van der Waals surface area contributed by atoms with E-state index in [9.17, 15) is 4.79 Å². The highest BCUT2D eigenvalue weighted by Crippen LogP contribution is 2.35. The smallest absolute Gasteiger partial charge is 0.193 e. The van der Waals surface area contributed by atoms with Crippen molar-refractivity contribution >= 4 is 5.78 Å². The van der Waals surface area contributed by atoms with E-state index < -0.39 is 0 Å². The van der Waals surface area contributed by atoms with E-state index in [0.29, 0.717) is 0 Å². The standard InChI is InChI=1S/C18H18O2/c1-12-5-4-6-13(9-12)17(19)14-7-8-16-15(10-14)11-18(2,3)20-16/h4-10H,11H2,1-3H3. The van der Waals surface area contributed by atoms with Gasteiger partial charge in [0, 0.05) is 17.5 Å². The predicted molar refractivity (Wildman–Crippen MR) is 79.5 cm³/mol. The zero-order valence-corrected chi connectivity index (χ0v) is 12.1. The fourth-order valence-electron chi connectivity index (χ4n) is 2.70. The quantitative estimate of drug-likeness (QED) is 0.770. The maximum Gasteiger partial charge on any atom is 0.193 e. The van der Waals surface area contributed by atoms with Gasteiger partial charge in [0.1, 0.15) is 11.4 Å². The summed E-state index contributed by atoms with van der Waals surface area (Å²) in [6.07, 6.45) is 0.845. The number of hydrogen-bond acceptors (Lipinski definition) is 2. The first-order valence-electron chi connectivity index (χ1n) is 6.88. The molecule has 0 aliphatic carbocycles. The first-order valence-corrected chi connectivity index (χ1v) is 6.88. The van der Waals surface area contributed by atoms with Crippen LogP contribution in [0.15, 0.2) is 42.5 Å². The largest absolute Gasteiger partial charge is 0.487 e. The van der Waals surface area contributed by atoms with Crippen molar-refractivity contribution in [1.82, 2.24) is 0 Å². The molecule has 0 saturated heterocycles. The highest BCUT2D eigenvalue weighted by Gasteiger charge is 2.30. The maximum absolute atomic E-state index is 12.5. The molecular weight excluding hydrogens is 248 g/mol. The van der Waals surface area contributed by atoms with Crippen molar-refractivity contribution in [1.29, 1.82) is 0 Å². The van der Waals surface area contributed by atoms with Crippen LogP contribution in [0.4, 0.5) is 0 Å². The number of hydrogen-bond donors (Lipinski definition) is 0. The first kappa shape index (κ1) is 12.9. The molecule has 0 unspecified atom stereocenters. The van der Waals surface area contributed by atoms with Gasteiger partial charge in [-0.25, -0.2) is 0 Å². The number of aryl methyl sites for hydroxylation is 1. The van der Waals surface area contributed by atoms with Crippen molar-refractivity contribution in [3.63, 3.8) is 0 Å². The molecule has 2 aromatic rings. The first-order chi connectivity index (χ1) is 9.44. The van der Waals surface area contributed by atoms with Gasteiger partial charge in [-0.05, 0) is 50.6 Å². The number of ether oxygens (including phenoxy) is 1. The zero-order valence-electron chi connectivity index (χ0n) is 12.1. The lowest BCUT2D eigenvalue weighted by atomic mass is 9.96. The van der Waals surface area contributed by atoms with E-state index in [1.54, 1.807) is 0 Å². The summed E-state index contributed by atoms with van der Waals surface area (Å²) in [5.41, 5.74) is 3.52. The van der Waals surface area contributed by atoms with Crippen molar-refractivity contribution in [2.24, 2.45) is 0 Å². The highest BCUT2D eigenvalue weighted by molar-refractivity contribution is 6.09. The van der Waals surface area contributed by atoms with Crippen LogP contribution >= 0.6 is 0 Å². The van der Waals surface area contributed by atoms with E-state index in [1.165, 1.54) is 0 Å². The molecule has 3 rings (SSSR count). The van der Waals surface area contributed by atoms with Gasteiger partial charge in [-0.1, -0.05) is 23.8 Å². The van der Waals surface area contributed by atoms with E-state index in [4.69, 9.17) is 4.74 Å². The molecule has 2 aromatic carbocycles. The summed E-state index contributed by atoms with van der Waals surface area (Å²) in [5, 5.41) is 0. The van der Waals surface area contributed by atoms with Gasteiger partial charge in [0.25, 0.3) is 0 Å². The summed E-state index contributed by atoms with van der Waals surface area (Å²) >= 11 is 0. The molecule has 0 N–H and O–H groups in total. The van der Waals surface area contributed by atoms with Crippen LogP contribution in [0.25, 0.3) is 0 Å². The third-order valence-electron chi connectivity index (χ3n) is 3.61. The molecule has 20 heavy (non-hydrogen) atoms. The molecule has 1 aliphatic heterocycles. The number of carbonyl (C=O) groups excluding carboxylic acids is 1. The molecule has 0 spiro atoms. The van der Waals surface area contributed by atoms with Crippen molar-refractivity contribution in [2.75, 3.05) is 0 Å². The molecule has 1 heterocycles. The number of carbonyl (C=O) groups is 1. The van der Waals surface area contributed by atoms with Crippen molar-refractivity contribution in [2.45, 2.75) is 32.8 Å². The van der Waals surface area contributed by atoms with Gasteiger partial charge in [0.15, 0.2) is 5.78 Å². The lowest BCUT2D eigenvalue weighted by Crippen LogP contribution is -2.24. The number of benzene rings is 2. The molecule has 1 aliphatic rings. The summed E-state index contributed by atoms with van der Waals surface area (Å²) in [4.78, 5) is 12.5. The molecule has 0 aromatic heterocycles. The van der Waals surface area contributed by atoms with Gasteiger partial charge in [-0.15, -0.1) is 0 Å². The van der Waals surface area contributed by atoms with Crippen LogP contribution in [0.3, 0.4) is 0 Å². The van der Waals surface area contributed by atoms with Gasteiger partial charge < -0.3 is 4.74 Å². The minimum atomic E-state index is -0.173. The molecule has 2 heteroatoms. The van der Waals surface area contributed by atoms with Gasteiger partial charge >= 0.3 is 0 Å². The summed E-state index contributed by atoms with van der Waals surface area (Å²) in [6.45, 7) is 6.12. The molecule has 0 atom stereocenters. The van der Waals surface area contributed by atoms with Crippen LogP contribution in [0.1, 0.15) is 40.9 Å².